The number of alkyl halides is 2. The van der Waals surface area contributed by atoms with Crippen molar-refractivity contribution in [2.75, 3.05) is 20.1 Å². The van der Waals surface area contributed by atoms with Crippen molar-refractivity contribution in [2.45, 2.75) is 71.3 Å². The lowest BCUT2D eigenvalue weighted by atomic mass is 9.82. The molecule has 8 nitrogen and oxygen atoms in total. The Hall–Kier alpha value is -4.13. The molecule has 0 N–H and O–H groups in total. The van der Waals surface area contributed by atoms with E-state index in [-0.39, 0.29) is 23.8 Å². The van der Waals surface area contributed by atoms with Crippen molar-refractivity contribution in [1.82, 2.24) is 19.4 Å². The number of ether oxygens (including phenoxy) is 2. The first kappa shape index (κ1) is 28.0. The van der Waals surface area contributed by atoms with Crippen LogP contribution in [0.1, 0.15) is 86.4 Å². The zero-order valence-electron chi connectivity index (χ0n) is 24.4. The van der Waals surface area contributed by atoms with Gasteiger partial charge in [0.1, 0.15) is 17.2 Å². The summed E-state index contributed by atoms with van der Waals surface area (Å²) in [6.07, 6.45) is 1.87. The van der Waals surface area contributed by atoms with Crippen LogP contribution in [0, 0.1) is 17.3 Å². The lowest BCUT2D eigenvalue weighted by molar-refractivity contribution is -0.0507. The van der Waals surface area contributed by atoms with E-state index in [9.17, 15) is 18.4 Å². The largest absolute Gasteiger partial charge is 0.444 e. The summed E-state index contributed by atoms with van der Waals surface area (Å²) in [5.74, 6) is 7.20. The van der Waals surface area contributed by atoms with Crippen LogP contribution in [0.3, 0.4) is 0 Å². The highest BCUT2D eigenvalue weighted by Gasteiger charge is 2.45. The molecule has 0 saturated carbocycles. The van der Waals surface area contributed by atoms with Crippen LogP contribution in [0.4, 0.5) is 13.6 Å². The van der Waals surface area contributed by atoms with Crippen molar-refractivity contribution in [3.8, 4) is 17.6 Å². The molecule has 3 aliphatic heterocycles. The number of fused-ring (bicyclic) bond motifs is 9. The van der Waals surface area contributed by atoms with Gasteiger partial charge in [0.2, 0.25) is 0 Å². The van der Waals surface area contributed by atoms with E-state index >= 15 is 0 Å². The number of hydrogen-bond acceptors (Lipinski definition) is 5. The molecule has 3 aromatic rings. The molecule has 0 radical (unpaired) electrons. The summed E-state index contributed by atoms with van der Waals surface area (Å²) >= 11 is 0. The van der Waals surface area contributed by atoms with Gasteiger partial charge in [-0.3, -0.25) is 4.79 Å². The van der Waals surface area contributed by atoms with E-state index in [4.69, 9.17) is 14.5 Å². The van der Waals surface area contributed by atoms with Crippen molar-refractivity contribution in [3.63, 3.8) is 0 Å². The second-order valence-electron chi connectivity index (χ2n) is 12.6. The summed E-state index contributed by atoms with van der Waals surface area (Å²) in [4.78, 5) is 34.3. The number of halogens is 2. The summed E-state index contributed by atoms with van der Waals surface area (Å²) in [6, 6.07) is 9.77. The van der Waals surface area contributed by atoms with E-state index in [1.807, 2.05) is 43.5 Å². The number of hydrogen-bond donors (Lipinski definition) is 0. The topological polar surface area (TPSA) is 76.9 Å². The number of likely N-dealkylation sites (tertiary alicyclic amines) is 1. The number of piperidine rings is 1. The van der Waals surface area contributed by atoms with Crippen molar-refractivity contribution < 1.29 is 27.8 Å². The molecular formula is C32H34F2N4O4. The van der Waals surface area contributed by atoms with Gasteiger partial charge in [-0.15, -0.1) is 0 Å². The Bertz CT molecular complexity index is 1650. The van der Waals surface area contributed by atoms with Crippen LogP contribution in [0.25, 0.3) is 11.0 Å². The minimum atomic E-state index is -3.02. The van der Waals surface area contributed by atoms with E-state index in [1.54, 1.807) is 29.0 Å². The number of aromatic nitrogens is 2. The number of benzene rings is 2. The molecule has 2 bridgehead atoms. The molecule has 1 saturated heterocycles. The maximum Gasteiger partial charge on any atom is 0.410 e. The number of imidazole rings is 1. The first-order chi connectivity index (χ1) is 19.8. The fourth-order valence-corrected chi connectivity index (χ4v) is 6.40. The Morgan fingerprint density at radius 2 is 1.98 bits per heavy atom. The molecule has 0 spiro atoms. The van der Waals surface area contributed by atoms with Gasteiger partial charge in [0.05, 0.1) is 23.1 Å². The molecule has 42 heavy (non-hydrogen) atoms. The summed E-state index contributed by atoms with van der Waals surface area (Å²) in [6.45, 7) is 5.73. The molecule has 4 heterocycles. The first-order valence-corrected chi connectivity index (χ1v) is 14.2. The van der Waals surface area contributed by atoms with Crippen LogP contribution < -0.4 is 4.74 Å². The van der Waals surface area contributed by atoms with Gasteiger partial charge in [-0.25, -0.2) is 9.78 Å². The number of carbonyl (C=O) groups is 2. The highest BCUT2D eigenvalue weighted by Crippen LogP contribution is 2.50. The molecule has 3 unspecified atom stereocenters. The van der Waals surface area contributed by atoms with Gasteiger partial charge >= 0.3 is 12.7 Å². The molecule has 0 aliphatic carbocycles. The smallest absolute Gasteiger partial charge is 0.410 e. The summed E-state index contributed by atoms with van der Waals surface area (Å²) in [5.41, 5.74) is 2.17. The fourth-order valence-electron chi connectivity index (χ4n) is 6.40. The molecule has 3 atom stereocenters. The summed E-state index contributed by atoms with van der Waals surface area (Å²) < 4.78 is 39.3. The Morgan fingerprint density at radius 3 is 2.71 bits per heavy atom. The van der Waals surface area contributed by atoms with E-state index in [0.717, 1.165) is 29.4 Å². The molecule has 220 valence electrons. The maximum atomic E-state index is 13.4. The van der Waals surface area contributed by atoms with Gasteiger partial charge in [0, 0.05) is 48.7 Å². The van der Waals surface area contributed by atoms with Crippen LogP contribution >= 0.6 is 0 Å². The molecule has 10 heteroatoms. The lowest BCUT2D eigenvalue weighted by Gasteiger charge is -2.37. The average molecular weight is 577 g/mol. The highest BCUT2D eigenvalue weighted by molar-refractivity contribution is 5.97. The van der Waals surface area contributed by atoms with E-state index in [2.05, 4.69) is 18.8 Å². The van der Waals surface area contributed by atoms with Gasteiger partial charge in [0.25, 0.3) is 5.91 Å². The van der Waals surface area contributed by atoms with Gasteiger partial charge in [-0.05, 0) is 70.9 Å². The number of rotatable bonds is 2. The Kier molecular flexibility index (Phi) is 6.67. The summed E-state index contributed by atoms with van der Waals surface area (Å²) in [5, 5.41) is 0. The predicted octanol–water partition coefficient (Wildman–Crippen LogP) is 6.15. The fraction of sp³-hybridized carbons (Fsp3) is 0.469. The minimum absolute atomic E-state index is 0.000288. The molecule has 1 aromatic heterocycles. The Morgan fingerprint density at radius 1 is 1.19 bits per heavy atom. The van der Waals surface area contributed by atoms with E-state index in [0.29, 0.717) is 36.5 Å². The van der Waals surface area contributed by atoms with Crippen molar-refractivity contribution in [1.29, 1.82) is 0 Å². The zero-order valence-corrected chi connectivity index (χ0v) is 24.4. The minimum Gasteiger partial charge on any atom is -0.444 e. The Labute approximate surface area is 243 Å². The van der Waals surface area contributed by atoms with Gasteiger partial charge in [-0.1, -0.05) is 17.9 Å². The van der Waals surface area contributed by atoms with Crippen molar-refractivity contribution >= 4 is 23.0 Å². The standard InChI is InChI=1S/C32H34F2N4O4/c1-31(2,3)42-30(40)37-15-7-13-32(4,18-37)14-12-19-10-11-21-22(16-19)38-23-17-24(27(38)35-21)36(5)28(39)20-8-6-9-25(26(20)23)41-29(33)34/h6,8-11,16,23-24,29H,7,13,15,17-18H2,1-5H3. The second kappa shape index (κ2) is 10.0. The molecule has 2 amide bonds. The normalized spacial score (nSPS) is 23.3. The van der Waals surface area contributed by atoms with Crippen molar-refractivity contribution in [3.05, 3.63) is 58.9 Å². The second-order valence-corrected chi connectivity index (χ2v) is 12.6. The van der Waals surface area contributed by atoms with Crippen molar-refractivity contribution in [2.24, 2.45) is 5.41 Å². The predicted molar refractivity (Wildman–Crippen MR) is 152 cm³/mol. The van der Waals surface area contributed by atoms with E-state index < -0.39 is 23.7 Å². The molecule has 3 aliphatic rings. The third-order valence-corrected chi connectivity index (χ3v) is 8.26. The average Bonchev–Trinajstić information content (AvgIpc) is 3.44. The highest BCUT2D eigenvalue weighted by atomic mass is 19.3. The monoisotopic (exact) mass is 576 g/mol. The third kappa shape index (κ3) is 4.95. The Balaban J connectivity index is 1.37. The van der Waals surface area contributed by atoms with E-state index in [1.165, 1.54) is 6.07 Å². The quantitative estimate of drug-likeness (QED) is 0.342. The van der Waals surface area contributed by atoms with Crippen LogP contribution in [-0.2, 0) is 4.74 Å². The maximum absolute atomic E-state index is 13.4. The summed E-state index contributed by atoms with van der Waals surface area (Å²) in [7, 11) is 1.72. The van der Waals surface area contributed by atoms with Crippen LogP contribution in [-0.4, -0.2) is 63.7 Å². The number of nitrogens with zero attached hydrogens (tertiary/aromatic N) is 4. The number of amides is 2. The van der Waals surface area contributed by atoms with Gasteiger partial charge in [-0.2, -0.15) is 8.78 Å². The molecule has 6 rings (SSSR count). The third-order valence-electron chi connectivity index (χ3n) is 8.26. The van der Waals surface area contributed by atoms with Crippen LogP contribution in [0.15, 0.2) is 36.4 Å². The lowest BCUT2D eigenvalue weighted by Crippen LogP contribution is -2.46. The SMILES string of the molecule is CN1C(=O)c2cccc(OC(F)F)c2C2CC1c1nc3ccc(C#CC4(C)CCCN(C(=O)OC(C)(C)C)C4)cc3n12. The number of carbonyl (C=O) groups excluding carboxylic acids is 2. The molecular weight excluding hydrogens is 542 g/mol. The van der Waals surface area contributed by atoms with Gasteiger partial charge in [0.15, 0.2) is 0 Å². The van der Waals surface area contributed by atoms with Crippen LogP contribution in [0.2, 0.25) is 0 Å². The molecule has 1 fully saturated rings. The zero-order chi connectivity index (χ0) is 30.0. The first-order valence-electron chi connectivity index (χ1n) is 14.2. The van der Waals surface area contributed by atoms with Crippen LogP contribution in [0.5, 0.6) is 5.75 Å². The molecule has 2 aromatic carbocycles. The van der Waals surface area contributed by atoms with Gasteiger partial charge < -0.3 is 23.8 Å².